The molecule has 1 atom stereocenters. The highest BCUT2D eigenvalue weighted by Gasteiger charge is 2.24. The lowest BCUT2D eigenvalue weighted by Crippen LogP contribution is -2.21. The van der Waals surface area contributed by atoms with E-state index in [1.54, 1.807) is 0 Å². The summed E-state index contributed by atoms with van der Waals surface area (Å²) in [5.74, 6) is -1.92. The summed E-state index contributed by atoms with van der Waals surface area (Å²) in [4.78, 5) is 0. The Morgan fingerprint density at radius 2 is 0.621 bits per heavy atom. The molecular weight excluding hydrogens is 359 g/mol. The number of hydrogen-bond donors (Lipinski definition) is 1. The van der Waals surface area contributed by atoms with Crippen molar-refractivity contribution in [2.45, 2.75) is 174 Å². The molecule has 0 fully saturated rings. The van der Waals surface area contributed by atoms with Gasteiger partial charge in [-0.1, -0.05) is 142 Å². The Labute approximate surface area is 183 Å². The normalized spacial score (nSPS) is 13.7. The topological polar surface area (TPSA) is 20.2 Å². The molecule has 29 heavy (non-hydrogen) atoms. The van der Waals surface area contributed by atoms with E-state index in [1.165, 1.54) is 116 Å². The minimum atomic E-state index is -1.92. The SMILES string of the molecule is CCCCCCCCCCCCCCCCCC(O)(F)CCCCCCCCC. The quantitative estimate of drug-likeness (QED) is 0.156. The van der Waals surface area contributed by atoms with Crippen molar-refractivity contribution in [2.24, 2.45) is 0 Å². The van der Waals surface area contributed by atoms with Crippen molar-refractivity contribution in [1.82, 2.24) is 0 Å². The van der Waals surface area contributed by atoms with Crippen molar-refractivity contribution in [2.75, 3.05) is 0 Å². The molecule has 2 heteroatoms. The Morgan fingerprint density at radius 3 is 0.862 bits per heavy atom. The van der Waals surface area contributed by atoms with Crippen LogP contribution in [0.25, 0.3) is 0 Å². The second-order valence-electron chi connectivity index (χ2n) is 9.49. The van der Waals surface area contributed by atoms with E-state index in [-0.39, 0.29) is 0 Å². The Kier molecular flexibility index (Phi) is 22.5. The van der Waals surface area contributed by atoms with E-state index in [9.17, 15) is 9.50 Å². The lowest BCUT2D eigenvalue weighted by molar-refractivity contribution is -0.103. The molecule has 0 aromatic carbocycles. The molecule has 1 nitrogen and oxygen atoms in total. The lowest BCUT2D eigenvalue weighted by atomic mass is 10.00. The molecule has 0 rings (SSSR count). The Balaban J connectivity index is 3.26. The summed E-state index contributed by atoms with van der Waals surface area (Å²) in [6.07, 6.45) is 28.6. The Bertz CT molecular complexity index is 303. The van der Waals surface area contributed by atoms with Crippen LogP contribution < -0.4 is 0 Å². The monoisotopic (exact) mass is 414 g/mol. The fourth-order valence-electron chi connectivity index (χ4n) is 4.25. The van der Waals surface area contributed by atoms with Gasteiger partial charge in [-0.2, -0.15) is 0 Å². The third-order valence-corrected chi connectivity index (χ3v) is 6.33. The van der Waals surface area contributed by atoms with Gasteiger partial charge in [0.2, 0.25) is 5.85 Å². The van der Waals surface area contributed by atoms with E-state index >= 15 is 0 Å². The predicted molar refractivity (Wildman–Crippen MR) is 128 cm³/mol. The zero-order valence-electron chi connectivity index (χ0n) is 20.3. The molecule has 0 saturated carbocycles. The first-order valence-electron chi connectivity index (χ1n) is 13.5. The van der Waals surface area contributed by atoms with Crippen LogP contribution in [0.5, 0.6) is 0 Å². The highest BCUT2D eigenvalue weighted by Crippen LogP contribution is 2.24. The van der Waals surface area contributed by atoms with Gasteiger partial charge in [-0.25, -0.2) is 4.39 Å². The summed E-state index contributed by atoms with van der Waals surface area (Å²) in [7, 11) is 0. The molecule has 0 aliphatic heterocycles. The summed E-state index contributed by atoms with van der Waals surface area (Å²) < 4.78 is 14.1. The Morgan fingerprint density at radius 1 is 0.414 bits per heavy atom. The zero-order chi connectivity index (χ0) is 21.5. The van der Waals surface area contributed by atoms with Crippen LogP contribution >= 0.6 is 0 Å². The zero-order valence-corrected chi connectivity index (χ0v) is 20.3. The van der Waals surface area contributed by atoms with Gasteiger partial charge in [0.25, 0.3) is 0 Å². The lowest BCUT2D eigenvalue weighted by Gasteiger charge is -2.18. The van der Waals surface area contributed by atoms with E-state index in [0.717, 1.165) is 25.7 Å². The largest absolute Gasteiger partial charge is 0.362 e. The molecule has 0 spiro atoms. The van der Waals surface area contributed by atoms with Crippen LogP contribution in [0.3, 0.4) is 0 Å². The second kappa shape index (κ2) is 22.6. The van der Waals surface area contributed by atoms with Gasteiger partial charge < -0.3 is 5.11 Å². The van der Waals surface area contributed by atoms with Crippen LogP contribution in [-0.2, 0) is 0 Å². The average Bonchev–Trinajstić information content (AvgIpc) is 2.70. The maximum atomic E-state index is 14.1. The third kappa shape index (κ3) is 24.0. The molecule has 0 aromatic rings. The van der Waals surface area contributed by atoms with Crippen molar-refractivity contribution >= 4 is 0 Å². The van der Waals surface area contributed by atoms with Crippen LogP contribution in [0.1, 0.15) is 168 Å². The number of halogens is 1. The van der Waals surface area contributed by atoms with E-state index in [4.69, 9.17) is 0 Å². The van der Waals surface area contributed by atoms with Crippen LogP contribution in [0.2, 0.25) is 0 Å². The maximum absolute atomic E-state index is 14.1. The first-order valence-corrected chi connectivity index (χ1v) is 13.5. The van der Waals surface area contributed by atoms with Crippen LogP contribution in [0.15, 0.2) is 0 Å². The van der Waals surface area contributed by atoms with Gasteiger partial charge in [0.05, 0.1) is 0 Å². The molecule has 1 unspecified atom stereocenters. The summed E-state index contributed by atoms with van der Waals surface area (Å²) >= 11 is 0. The molecule has 0 saturated heterocycles. The number of unbranched alkanes of at least 4 members (excludes halogenated alkanes) is 20. The summed E-state index contributed by atoms with van der Waals surface area (Å²) in [5.41, 5.74) is 0. The van der Waals surface area contributed by atoms with Gasteiger partial charge in [-0.05, 0) is 12.8 Å². The summed E-state index contributed by atoms with van der Waals surface area (Å²) in [5, 5.41) is 9.89. The van der Waals surface area contributed by atoms with Crippen LogP contribution in [-0.4, -0.2) is 11.0 Å². The maximum Gasteiger partial charge on any atom is 0.206 e. The van der Waals surface area contributed by atoms with Gasteiger partial charge in [0.15, 0.2) is 0 Å². The molecule has 0 aromatic heterocycles. The number of alkyl halides is 1. The first-order chi connectivity index (χ1) is 14.1. The van der Waals surface area contributed by atoms with Crippen molar-refractivity contribution in [3.8, 4) is 0 Å². The molecule has 0 amide bonds. The number of hydrogen-bond acceptors (Lipinski definition) is 1. The average molecular weight is 415 g/mol. The number of aliphatic hydroxyl groups is 1. The standard InChI is InChI=1S/C27H55FO/c1-3-5-7-9-11-12-13-14-15-16-17-18-20-22-24-26-27(28,29)25-23-21-19-10-8-6-4-2/h29H,3-26H2,1-2H3. The van der Waals surface area contributed by atoms with Crippen LogP contribution in [0.4, 0.5) is 4.39 Å². The first kappa shape index (κ1) is 28.9. The van der Waals surface area contributed by atoms with Gasteiger partial charge in [0.1, 0.15) is 0 Å². The minimum Gasteiger partial charge on any atom is -0.362 e. The number of rotatable bonds is 24. The molecule has 1 N–H and O–H groups in total. The van der Waals surface area contributed by atoms with Crippen molar-refractivity contribution in [3.05, 3.63) is 0 Å². The van der Waals surface area contributed by atoms with E-state index in [0.29, 0.717) is 12.8 Å². The fourth-order valence-corrected chi connectivity index (χ4v) is 4.25. The molecule has 0 heterocycles. The molecule has 0 radical (unpaired) electrons. The molecular formula is C27H55FO. The minimum absolute atomic E-state index is 0.333. The van der Waals surface area contributed by atoms with E-state index < -0.39 is 5.85 Å². The predicted octanol–water partition coefficient (Wildman–Crippen LogP) is 10.0. The van der Waals surface area contributed by atoms with Crippen molar-refractivity contribution < 1.29 is 9.50 Å². The highest BCUT2D eigenvalue weighted by atomic mass is 19.2. The molecule has 0 aliphatic carbocycles. The van der Waals surface area contributed by atoms with Gasteiger partial charge in [0, 0.05) is 12.8 Å². The van der Waals surface area contributed by atoms with Crippen molar-refractivity contribution in [3.63, 3.8) is 0 Å². The summed E-state index contributed by atoms with van der Waals surface area (Å²) in [6, 6.07) is 0. The van der Waals surface area contributed by atoms with Crippen LogP contribution in [0, 0.1) is 0 Å². The fraction of sp³-hybridized carbons (Fsp3) is 1.00. The van der Waals surface area contributed by atoms with Crippen molar-refractivity contribution in [1.29, 1.82) is 0 Å². The smallest absolute Gasteiger partial charge is 0.206 e. The molecule has 176 valence electrons. The van der Waals surface area contributed by atoms with Gasteiger partial charge in [-0.3, -0.25) is 0 Å². The molecule has 0 bridgehead atoms. The van der Waals surface area contributed by atoms with Gasteiger partial charge in [-0.15, -0.1) is 0 Å². The third-order valence-electron chi connectivity index (χ3n) is 6.33. The van der Waals surface area contributed by atoms with E-state index in [1.807, 2.05) is 0 Å². The molecule has 0 aliphatic rings. The Hall–Kier alpha value is -0.110. The van der Waals surface area contributed by atoms with E-state index in [2.05, 4.69) is 13.8 Å². The second-order valence-corrected chi connectivity index (χ2v) is 9.49. The summed E-state index contributed by atoms with van der Waals surface area (Å²) in [6.45, 7) is 4.50. The van der Waals surface area contributed by atoms with Gasteiger partial charge >= 0.3 is 0 Å². The highest BCUT2D eigenvalue weighted by molar-refractivity contribution is 4.66.